The first-order valence-electron chi connectivity index (χ1n) is 8.75. The number of rotatable bonds is 5. The van der Waals surface area contributed by atoms with E-state index in [4.69, 9.17) is 27.9 Å². The maximum Gasteiger partial charge on any atom is 0.340 e. The Morgan fingerprint density at radius 1 is 1.07 bits per heavy atom. The van der Waals surface area contributed by atoms with Gasteiger partial charge >= 0.3 is 5.97 Å². The highest BCUT2D eigenvalue weighted by Gasteiger charge is 2.37. The van der Waals surface area contributed by atoms with Gasteiger partial charge in [0.1, 0.15) is 0 Å². The molecule has 0 N–H and O–H groups in total. The monoisotopic (exact) mass is 415 g/mol. The van der Waals surface area contributed by atoms with Gasteiger partial charge in [0.2, 0.25) is 0 Å². The van der Waals surface area contributed by atoms with Gasteiger partial charge < -0.3 is 9.64 Å². The molecular formula is C22H19Cl2NO3. The van der Waals surface area contributed by atoms with Crippen LogP contribution in [0.15, 0.2) is 65.4 Å². The molecule has 1 aliphatic rings. The molecule has 1 heterocycles. The Labute approximate surface area is 174 Å². The third kappa shape index (κ3) is 3.98. The zero-order valence-electron chi connectivity index (χ0n) is 15.5. The lowest BCUT2D eigenvalue weighted by atomic mass is 10.0. The number of hydrogen-bond acceptors (Lipinski definition) is 3. The molecule has 4 nitrogen and oxygen atoms in total. The number of amides is 1. The predicted octanol–water partition coefficient (Wildman–Crippen LogP) is 4.91. The first-order chi connectivity index (χ1) is 13.4. The van der Waals surface area contributed by atoms with Gasteiger partial charge in [0.05, 0.1) is 18.3 Å². The van der Waals surface area contributed by atoms with Gasteiger partial charge in [-0.1, -0.05) is 59.6 Å². The van der Waals surface area contributed by atoms with Gasteiger partial charge in [0.25, 0.3) is 5.91 Å². The van der Waals surface area contributed by atoms with Crippen LogP contribution in [0, 0.1) is 0 Å². The van der Waals surface area contributed by atoms with Crippen molar-refractivity contribution in [3.8, 4) is 0 Å². The van der Waals surface area contributed by atoms with Crippen molar-refractivity contribution in [3.63, 3.8) is 0 Å². The van der Waals surface area contributed by atoms with E-state index in [0.29, 0.717) is 34.3 Å². The molecule has 1 amide bonds. The molecule has 0 aliphatic carbocycles. The Balaban J connectivity index is 1.99. The molecule has 1 aliphatic heterocycles. The summed E-state index contributed by atoms with van der Waals surface area (Å²) in [4.78, 5) is 27.1. The number of allylic oxidation sites excluding steroid dienone is 1. The van der Waals surface area contributed by atoms with E-state index in [9.17, 15) is 9.59 Å². The van der Waals surface area contributed by atoms with E-state index in [2.05, 4.69) is 0 Å². The second-order valence-electron chi connectivity index (χ2n) is 6.34. The minimum Gasteiger partial charge on any atom is -0.465 e. The number of nitrogens with zero attached hydrogens (tertiary/aromatic N) is 1. The number of hydrogen-bond donors (Lipinski definition) is 0. The predicted molar refractivity (Wildman–Crippen MR) is 111 cm³/mol. The van der Waals surface area contributed by atoms with Crippen molar-refractivity contribution < 1.29 is 14.3 Å². The normalized spacial score (nSPS) is 15.5. The van der Waals surface area contributed by atoms with Crippen molar-refractivity contribution in [2.24, 2.45) is 0 Å². The number of methoxy groups -OCH3 is 1. The van der Waals surface area contributed by atoms with Crippen LogP contribution in [0.4, 0.5) is 0 Å². The van der Waals surface area contributed by atoms with Gasteiger partial charge in [-0.2, -0.15) is 0 Å². The highest BCUT2D eigenvalue weighted by molar-refractivity contribution is 6.37. The number of ether oxygens (including phenoxy) is 1. The van der Waals surface area contributed by atoms with Crippen LogP contribution in [0.1, 0.15) is 18.1 Å². The largest absolute Gasteiger partial charge is 0.465 e. The van der Waals surface area contributed by atoms with Gasteiger partial charge in [-0.25, -0.2) is 4.79 Å². The van der Waals surface area contributed by atoms with E-state index in [0.717, 1.165) is 5.56 Å². The molecule has 0 saturated carbocycles. The minimum absolute atomic E-state index is 0.229. The summed E-state index contributed by atoms with van der Waals surface area (Å²) in [5, 5.41) is 0.801. The van der Waals surface area contributed by atoms with Gasteiger partial charge in [0, 0.05) is 27.9 Å². The molecule has 28 heavy (non-hydrogen) atoms. The van der Waals surface area contributed by atoms with Crippen molar-refractivity contribution in [3.05, 3.63) is 86.5 Å². The average Bonchev–Trinajstić information content (AvgIpc) is 2.93. The third-order valence-corrected chi connectivity index (χ3v) is 5.32. The fourth-order valence-corrected chi connectivity index (χ4v) is 3.68. The topological polar surface area (TPSA) is 46.6 Å². The summed E-state index contributed by atoms with van der Waals surface area (Å²) in [7, 11) is 1.29. The Morgan fingerprint density at radius 3 is 2.32 bits per heavy atom. The number of carbonyl (C=O) groups is 2. The van der Waals surface area contributed by atoms with Crippen molar-refractivity contribution in [2.75, 3.05) is 13.7 Å². The van der Waals surface area contributed by atoms with Gasteiger partial charge in [-0.05, 0) is 37.1 Å². The second-order valence-corrected chi connectivity index (χ2v) is 7.15. The zero-order valence-corrected chi connectivity index (χ0v) is 17.1. The Bertz CT molecular complexity index is 960. The maximum absolute atomic E-state index is 13.1. The van der Waals surface area contributed by atoms with Crippen molar-refractivity contribution >= 4 is 41.2 Å². The van der Waals surface area contributed by atoms with E-state index >= 15 is 0 Å². The Morgan fingerprint density at radius 2 is 1.71 bits per heavy atom. The van der Waals surface area contributed by atoms with Crippen LogP contribution >= 0.6 is 23.2 Å². The lowest BCUT2D eigenvalue weighted by Crippen LogP contribution is -2.27. The molecule has 0 aromatic heterocycles. The maximum atomic E-state index is 13.1. The van der Waals surface area contributed by atoms with Crippen LogP contribution < -0.4 is 0 Å². The van der Waals surface area contributed by atoms with Gasteiger partial charge in [-0.3, -0.25) is 4.79 Å². The third-order valence-electron chi connectivity index (χ3n) is 4.66. The fraction of sp³-hybridized carbons (Fsp3) is 0.182. The summed E-state index contributed by atoms with van der Waals surface area (Å²) in [5.41, 5.74) is 2.62. The van der Waals surface area contributed by atoms with E-state index < -0.39 is 5.97 Å². The van der Waals surface area contributed by atoms with Crippen molar-refractivity contribution in [1.29, 1.82) is 0 Å². The first kappa shape index (κ1) is 20.2. The average molecular weight is 416 g/mol. The first-order valence-corrected chi connectivity index (χ1v) is 9.50. The molecule has 2 aromatic carbocycles. The molecule has 0 spiro atoms. The smallest absolute Gasteiger partial charge is 0.340 e. The molecule has 0 atom stereocenters. The summed E-state index contributed by atoms with van der Waals surface area (Å²) >= 11 is 12.5. The van der Waals surface area contributed by atoms with E-state index in [1.165, 1.54) is 7.11 Å². The molecular weight excluding hydrogens is 397 g/mol. The Kier molecular flexibility index (Phi) is 6.22. The molecule has 6 heteroatoms. The van der Waals surface area contributed by atoms with Crippen LogP contribution in [-0.2, 0) is 20.7 Å². The van der Waals surface area contributed by atoms with Crippen LogP contribution in [0.2, 0.25) is 10.0 Å². The molecule has 0 fully saturated rings. The van der Waals surface area contributed by atoms with Crippen molar-refractivity contribution in [1.82, 2.24) is 4.90 Å². The van der Waals surface area contributed by atoms with Crippen LogP contribution in [-0.4, -0.2) is 30.4 Å². The minimum atomic E-state index is -0.567. The molecule has 144 valence electrons. The van der Waals surface area contributed by atoms with Gasteiger partial charge in [-0.15, -0.1) is 0 Å². The summed E-state index contributed by atoms with van der Waals surface area (Å²) in [6.07, 6.45) is 2.23. The number of esters is 1. The Hall–Kier alpha value is -2.56. The highest BCUT2D eigenvalue weighted by atomic mass is 35.5. The molecule has 3 rings (SSSR count). The summed E-state index contributed by atoms with van der Waals surface area (Å²) in [6, 6.07) is 14.9. The van der Waals surface area contributed by atoms with E-state index in [1.54, 1.807) is 36.1 Å². The summed E-state index contributed by atoms with van der Waals surface area (Å²) in [6.45, 7) is 2.19. The SMILES string of the molecule is COC(=O)C1=C(C)N(CCc2ccccc2)C(=O)/C1=C\c1c(Cl)cccc1Cl. The van der Waals surface area contributed by atoms with Gasteiger partial charge in [0.15, 0.2) is 0 Å². The molecule has 0 unspecified atom stereocenters. The molecule has 0 saturated heterocycles. The summed E-state index contributed by atoms with van der Waals surface area (Å²) in [5.74, 6) is -0.840. The molecule has 0 bridgehead atoms. The zero-order chi connectivity index (χ0) is 20.3. The lowest BCUT2D eigenvalue weighted by molar-refractivity contribution is -0.136. The molecule has 0 radical (unpaired) electrons. The quantitative estimate of drug-likeness (QED) is 0.514. The van der Waals surface area contributed by atoms with Crippen molar-refractivity contribution in [2.45, 2.75) is 13.3 Å². The van der Waals surface area contributed by atoms with Crippen LogP contribution in [0.25, 0.3) is 6.08 Å². The van der Waals surface area contributed by atoms with Crippen LogP contribution in [0.3, 0.4) is 0 Å². The highest BCUT2D eigenvalue weighted by Crippen LogP contribution is 2.34. The second kappa shape index (κ2) is 8.63. The number of benzene rings is 2. The summed E-state index contributed by atoms with van der Waals surface area (Å²) < 4.78 is 4.91. The number of carbonyl (C=O) groups excluding carboxylic acids is 2. The van der Waals surface area contributed by atoms with E-state index in [1.807, 2.05) is 30.3 Å². The number of halogens is 2. The lowest BCUT2D eigenvalue weighted by Gasteiger charge is -2.17. The van der Waals surface area contributed by atoms with Crippen LogP contribution in [0.5, 0.6) is 0 Å². The van der Waals surface area contributed by atoms with E-state index in [-0.39, 0.29) is 17.1 Å². The standard InChI is InChI=1S/C22H19Cl2NO3/c1-14-20(22(27)28-2)17(13-16-18(23)9-6-10-19(16)24)21(26)25(14)12-11-15-7-4-3-5-8-15/h3-10,13H,11-12H2,1-2H3/b17-13-. The fourth-order valence-electron chi connectivity index (χ4n) is 3.18. The molecule has 2 aromatic rings.